The van der Waals surface area contributed by atoms with Crippen LogP contribution in [0.2, 0.25) is 0 Å². The molecule has 4 atom stereocenters. The van der Waals surface area contributed by atoms with E-state index >= 15 is 0 Å². The number of hydrogen-bond donors (Lipinski definition) is 1. The topological polar surface area (TPSA) is 81.7 Å². The summed E-state index contributed by atoms with van der Waals surface area (Å²) in [6, 6.07) is 0. The van der Waals surface area contributed by atoms with E-state index < -0.39 is 11.9 Å². The van der Waals surface area contributed by atoms with E-state index in [0.717, 1.165) is 42.0 Å². The summed E-state index contributed by atoms with van der Waals surface area (Å²) >= 11 is 1.44. The van der Waals surface area contributed by atoms with Gasteiger partial charge in [0.25, 0.3) is 5.91 Å². The standard InChI is InChI=1S/C23H31NO5S/c1-3-28-23(27)21-17-7-4-13(2)8-18(17)30-22(21)24-19(25)12-29-20(26)11-16-10-14-5-6-15(16)9-14/h13-16H,3-12H2,1-2H3,(H,24,25)/t13-,14-,15-,16+/m0/s1. The normalized spacial score (nSPS) is 26.9. The van der Waals surface area contributed by atoms with Crippen LogP contribution in [0.15, 0.2) is 0 Å². The fourth-order valence-electron chi connectivity index (χ4n) is 5.47. The van der Waals surface area contributed by atoms with Gasteiger partial charge in [0, 0.05) is 11.3 Å². The van der Waals surface area contributed by atoms with E-state index in [-0.39, 0.29) is 19.2 Å². The average Bonchev–Trinajstić information content (AvgIpc) is 3.40. The number of fused-ring (bicyclic) bond motifs is 3. The van der Waals surface area contributed by atoms with Crippen molar-refractivity contribution in [1.29, 1.82) is 0 Å². The van der Waals surface area contributed by atoms with Crippen molar-refractivity contribution in [2.45, 2.75) is 65.2 Å². The molecule has 1 amide bonds. The van der Waals surface area contributed by atoms with E-state index in [2.05, 4.69) is 12.2 Å². The largest absolute Gasteiger partial charge is 0.462 e. The Hall–Kier alpha value is -1.89. The van der Waals surface area contributed by atoms with Crippen LogP contribution in [0.5, 0.6) is 0 Å². The zero-order valence-electron chi connectivity index (χ0n) is 17.8. The number of rotatable bonds is 7. The minimum atomic E-state index is -0.409. The lowest BCUT2D eigenvalue weighted by molar-refractivity contribution is -0.148. The Bertz CT molecular complexity index is 832. The van der Waals surface area contributed by atoms with E-state index in [4.69, 9.17) is 9.47 Å². The minimum absolute atomic E-state index is 0.286. The van der Waals surface area contributed by atoms with E-state index in [0.29, 0.717) is 34.7 Å². The molecule has 0 aromatic carbocycles. The van der Waals surface area contributed by atoms with Crippen LogP contribution in [0.25, 0.3) is 0 Å². The van der Waals surface area contributed by atoms with Crippen molar-refractivity contribution in [3.63, 3.8) is 0 Å². The van der Waals surface area contributed by atoms with Crippen LogP contribution in [0.4, 0.5) is 5.00 Å². The number of carbonyl (C=O) groups excluding carboxylic acids is 3. The van der Waals surface area contributed by atoms with E-state index in [1.54, 1.807) is 6.92 Å². The summed E-state index contributed by atoms with van der Waals surface area (Å²) in [6.45, 7) is 3.93. The number of carbonyl (C=O) groups is 3. The highest BCUT2D eigenvalue weighted by atomic mass is 32.1. The Balaban J connectivity index is 1.35. The third-order valence-corrected chi connectivity index (χ3v) is 8.09. The Kier molecular flexibility index (Phi) is 6.46. The zero-order chi connectivity index (χ0) is 21.3. The summed E-state index contributed by atoms with van der Waals surface area (Å²) in [6.07, 6.45) is 8.03. The van der Waals surface area contributed by atoms with Crippen molar-refractivity contribution < 1.29 is 23.9 Å². The molecule has 30 heavy (non-hydrogen) atoms. The summed E-state index contributed by atoms with van der Waals surface area (Å²) in [4.78, 5) is 38.3. The maximum Gasteiger partial charge on any atom is 0.341 e. The second kappa shape index (κ2) is 9.08. The lowest BCUT2D eigenvalue weighted by atomic mass is 9.86. The fraction of sp³-hybridized carbons (Fsp3) is 0.696. The molecule has 0 spiro atoms. The second-order valence-electron chi connectivity index (χ2n) is 9.12. The van der Waals surface area contributed by atoms with Crippen LogP contribution >= 0.6 is 11.3 Å². The van der Waals surface area contributed by atoms with Gasteiger partial charge in [0.1, 0.15) is 5.00 Å². The van der Waals surface area contributed by atoms with Gasteiger partial charge in [0.05, 0.1) is 12.2 Å². The molecule has 3 aliphatic carbocycles. The minimum Gasteiger partial charge on any atom is -0.462 e. The highest BCUT2D eigenvalue weighted by molar-refractivity contribution is 7.17. The molecule has 3 aliphatic rings. The number of ether oxygens (including phenoxy) is 2. The lowest BCUT2D eigenvalue weighted by Crippen LogP contribution is -2.23. The maximum atomic E-state index is 12.5. The molecule has 0 unspecified atom stereocenters. The predicted molar refractivity (Wildman–Crippen MR) is 115 cm³/mol. The molecule has 4 rings (SSSR count). The Morgan fingerprint density at radius 1 is 1.13 bits per heavy atom. The first-order valence-electron chi connectivity index (χ1n) is 11.2. The van der Waals surface area contributed by atoms with Gasteiger partial charge in [-0.3, -0.25) is 9.59 Å². The van der Waals surface area contributed by atoms with Crippen LogP contribution in [0.3, 0.4) is 0 Å². The van der Waals surface area contributed by atoms with Gasteiger partial charge in [-0.2, -0.15) is 0 Å². The van der Waals surface area contributed by atoms with Crippen molar-refractivity contribution in [1.82, 2.24) is 0 Å². The van der Waals surface area contributed by atoms with Crippen LogP contribution in [-0.4, -0.2) is 31.1 Å². The maximum absolute atomic E-state index is 12.5. The fourth-order valence-corrected chi connectivity index (χ4v) is 6.88. The molecular formula is C23H31NO5S. The van der Waals surface area contributed by atoms with E-state index in [1.165, 1.54) is 30.6 Å². The third-order valence-electron chi connectivity index (χ3n) is 6.92. The molecule has 7 heteroatoms. The quantitative estimate of drug-likeness (QED) is 0.646. The number of anilines is 1. The summed E-state index contributed by atoms with van der Waals surface area (Å²) < 4.78 is 10.5. The van der Waals surface area contributed by atoms with E-state index in [1.807, 2.05) is 0 Å². The van der Waals surface area contributed by atoms with Crippen LogP contribution < -0.4 is 5.32 Å². The molecule has 0 radical (unpaired) electrons. The van der Waals surface area contributed by atoms with Crippen molar-refractivity contribution in [3.05, 3.63) is 16.0 Å². The van der Waals surface area contributed by atoms with Gasteiger partial charge in [-0.15, -0.1) is 11.3 Å². The van der Waals surface area contributed by atoms with Crippen molar-refractivity contribution in [2.75, 3.05) is 18.5 Å². The van der Waals surface area contributed by atoms with Gasteiger partial charge in [-0.05, 0) is 74.7 Å². The summed E-state index contributed by atoms with van der Waals surface area (Å²) in [5.74, 6) is 1.31. The number of thiophene rings is 1. The first kappa shape index (κ1) is 21.3. The predicted octanol–water partition coefficient (Wildman–Crippen LogP) is 4.36. The SMILES string of the molecule is CCOC(=O)c1c(NC(=O)COC(=O)C[C@H]2C[C@H]3CC[C@H]2C3)sc2c1CC[C@H](C)C2. The molecule has 0 aliphatic heterocycles. The third kappa shape index (κ3) is 4.56. The van der Waals surface area contributed by atoms with Gasteiger partial charge in [-0.1, -0.05) is 13.3 Å². The molecule has 0 saturated heterocycles. The molecule has 2 fully saturated rings. The molecule has 1 aromatic heterocycles. The average molecular weight is 434 g/mol. The second-order valence-corrected chi connectivity index (χ2v) is 10.2. The lowest BCUT2D eigenvalue weighted by Gasteiger charge is -2.20. The molecule has 1 N–H and O–H groups in total. The molecule has 164 valence electrons. The number of hydrogen-bond acceptors (Lipinski definition) is 6. The molecule has 6 nitrogen and oxygen atoms in total. The van der Waals surface area contributed by atoms with Gasteiger partial charge in [-0.25, -0.2) is 4.79 Å². The Morgan fingerprint density at radius 2 is 1.97 bits per heavy atom. The van der Waals surface area contributed by atoms with Gasteiger partial charge < -0.3 is 14.8 Å². The Morgan fingerprint density at radius 3 is 2.67 bits per heavy atom. The van der Waals surface area contributed by atoms with Gasteiger partial charge >= 0.3 is 11.9 Å². The molecule has 1 heterocycles. The Labute approximate surface area is 181 Å². The number of nitrogens with one attached hydrogen (secondary N) is 1. The van der Waals surface area contributed by atoms with Crippen molar-refractivity contribution >= 4 is 34.2 Å². The summed E-state index contributed by atoms with van der Waals surface area (Å²) in [5.41, 5.74) is 1.48. The van der Waals surface area contributed by atoms with Crippen molar-refractivity contribution in [3.8, 4) is 0 Å². The zero-order valence-corrected chi connectivity index (χ0v) is 18.6. The van der Waals surface area contributed by atoms with E-state index in [9.17, 15) is 14.4 Å². The number of amides is 1. The summed E-state index contributed by atoms with van der Waals surface area (Å²) in [5, 5.41) is 3.31. The highest BCUT2D eigenvalue weighted by Gasteiger charge is 2.40. The first-order valence-corrected chi connectivity index (χ1v) is 12.0. The van der Waals surface area contributed by atoms with Crippen LogP contribution in [0.1, 0.15) is 73.2 Å². The van der Waals surface area contributed by atoms with Crippen LogP contribution in [0, 0.1) is 23.7 Å². The van der Waals surface area contributed by atoms with Gasteiger partial charge in [0.15, 0.2) is 6.61 Å². The first-order chi connectivity index (χ1) is 14.4. The monoisotopic (exact) mass is 433 g/mol. The number of esters is 2. The molecule has 1 aromatic rings. The van der Waals surface area contributed by atoms with Crippen molar-refractivity contribution in [2.24, 2.45) is 23.7 Å². The smallest absolute Gasteiger partial charge is 0.341 e. The van der Waals surface area contributed by atoms with Gasteiger partial charge in [0.2, 0.25) is 0 Å². The molecule has 2 bridgehead atoms. The summed E-state index contributed by atoms with van der Waals surface area (Å²) in [7, 11) is 0. The molecular weight excluding hydrogens is 402 g/mol. The highest BCUT2D eigenvalue weighted by Crippen LogP contribution is 2.49. The van der Waals surface area contributed by atoms with Crippen LogP contribution in [-0.2, 0) is 31.9 Å². The molecule has 2 saturated carbocycles.